The molecule has 1 saturated heterocycles. The molecule has 0 aromatic rings. The molecule has 1 N–H and O–H groups in total. The van der Waals surface area contributed by atoms with Gasteiger partial charge in [-0.15, -0.1) is 0 Å². The molecule has 1 rings (SSSR count). The fourth-order valence-corrected chi connectivity index (χ4v) is 2.23. The quantitative estimate of drug-likeness (QED) is 0.536. The molecule has 0 saturated carbocycles. The van der Waals surface area contributed by atoms with Crippen molar-refractivity contribution in [1.29, 1.82) is 0 Å². The number of rotatable bonds is 2. The smallest absolute Gasteiger partial charge is 0.327 e. The predicted octanol–water partition coefficient (Wildman–Crippen LogP) is 0.987. The molecule has 3 nitrogen and oxygen atoms in total. The molecular formula is C9H18O3Si. The van der Waals surface area contributed by atoms with E-state index in [0.29, 0.717) is 0 Å². The first-order chi connectivity index (χ1) is 6.20. The first kappa shape index (κ1) is 12.4. The van der Waals surface area contributed by atoms with Gasteiger partial charge >= 0.3 is 5.97 Å². The number of carboxylic acid groups (broad SMARTS) is 1. The minimum absolute atomic E-state index is 0.146. The standard InChI is InChI=1S/C6H14OSi.C3H4O2/c1-8-6-4-2-3-5-7-6;1-2-3(4)5/h6H,2-5,8H2,1H3;2H,1H2,(H,4,5). The Labute approximate surface area is 81.6 Å². The first-order valence-corrected chi connectivity index (χ1v) is 6.90. The molecule has 76 valence electrons. The zero-order valence-electron chi connectivity index (χ0n) is 8.16. The SMILES string of the molecule is C=CC(=O)O.C[SiH2]C1CCCCO1. The van der Waals surface area contributed by atoms with Crippen LogP contribution in [0.15, 0.2) is 12.7 Å². The number of hydrogen-bond donors (Lipinski definition) is 1. The van der Waals surface area contributed by atoms with E-state index in [4.69, 9.17) is 9.84 Å². The van der Waals surface area contributed by atoms with Crippen LogP contribution in [0.4, 0.5) is 0 Å². The maximum absolute atomic E-state index is 9.25. The zero-order chi connectivity index (χ0) is 10.1. The summed E-state index contributed by atoms with van der Waals surface area (Å²) in [4.78, 5) is 9.25. The molecule has 1 aliphatic rings. The maximum atomic E-state index is 9.25. The Morgan fingerprint density at radius 2 is 2.31 bits per heavy atom. The van der Waals surface area contributed by atoms with Crippen LogP contribution in [0, 0.1) is 0 Å². The van der Waals surface area contributed by atoms with Crippen molar-refractivity contribution in [2.45, 2.75) is 31.5 Å². The van der Waals surface area contributed by atoms with Crippen molar-refractivity contribution in [3.05, 3.63) is 12.7 Å². The van der Waals surface area contributed by atoms with E-state index in [1.807, 2.05) is 0 Å². The number of ether oxygens (including phenoxy) is 1. The third-order valence-electron chi connectivity index (χ3n) is 1.90. The lowest BCUT2D eigenvalue weighted by Crippen LogP contribution is -2.23. The normalized spacial score (nSPS) is 22.1. The molecule has 13 heavy (non-hydrogen) atoms. The summed E-state index contributed by atoms with van der Waals surface area (Å²) in [7, 11) is 0.146. The number of carbonyl (C=O) groups is 1. The highest BCUT2D eigenvalue weighted by Crippen LogP contribution is 2.10. The molecule has 0 aliphatic carbocycles. The Bertz CT molecular complexity index is 153. The van der Waals surface area contributed by atoms with Crippen LogP contribution in [-0.2, 0) is 9.53 Å². The highest BCUT2D eigenvalue weighted by molar-refractivity contribution is 6.35. The van der Waals surface area contributed by atoms with Gasteiger partial charge in [0.25, 0.3) is 0 Å². The summed E-state index contributed by atoms with van der Waals surface area (Å²) >= 11 is 0. The van der Waals surface area contributed by atoms with Gasteiger partial charge in [0, 0.05) is 18.4 Å². The van der Waals surface area contributed by atoms with Gasteiger partial charge in [0.15, 0.2) is 0 Å². The first-order valence-electron chi connectivity index (χ1n) is 4.67. The Hall–Kier alpha value is -0.613. The van der Waals surface area contributed by atoms with Crippen LogP contribution in [0.5, 0.6) is 0 Å². The molecule has 1 fully saturated rings. The molecule has 0 radical (unpaired) electrons. The van der Waals surface area contributed by atoms with E-state index in [1.165, 1.54) is 19.3 Å². The molecule has 0 aromatic heterocycles. The fraction of sp³-hybridized carbons (Fsp3) is 0.667. The number of hydrogen-bond acceptors (Lipinski definition) is 2. The van der Waals surface area contributed by atoms with Crippen molar-refractivity contribution in [2.75, 3.05) is 6.61 Å². The highest BCUT2D eigenvalue weighted by atomic mass is 28.2. The van der Waals surface area contributed by atoms with E-state index in [2.05, 4.69) is 13.1 Å². The second-order valence-corrected chi connectivity index (χ2v) is 4.67. The second kappa shape index (κ2) is 8.01. The molecule has 1 heterocycles. The minimum atomic E-state index is -0.981. The molecular weight excluding hydrogens is 184 g/mol. The van der Waals surface area contributed by atoms with Crippen LogP contribution in [0.25, 0.3) is 0 Å². The molecule has 0 bridgehead atoms. The van der Waals surface area contributed by atoms with Crippen LogP contribution in [0.2, 0.25) is 6.55 Å². The van der Waals surface area contributed by atoms with Gasteiger partial charge in [0.2, 0.25) is 0 Å². The van der Waals surface area contributed by atoms with Crippen LogP contribution in [-0.4, -0.2) is 32.9 Å². The topological polar surface area (TPSA) is 46.5 Å². The van der Waals surface area contributed by atoms with Crippen LogP contribution >= 0.6 is 0 Å². The summed E-state index contributed by atoms with van der Waals surface area (Å²) in [6.45, 7) is 6.32. The molecule has 1 atom stereocenters. The minimum Gasteiger partial charge on any atom is -0.478 e. The van der Waals surface area contributed by atoms with Crippen LogP contribution in [0.3, 0.4) is 0 Å². The van der Waals surface area contributed by atoms with Gasteiger partial charge in [0.1, 0.15) is 0 Å². The summed E-state index contributed by atoms with van der Waals surface area (Å²) in [6.07, 6.45) is 4.89. The third kappa shape index (κ3) is 7.74. The Morgan fingerprint density at radius 3 is 2.54 bits per heavy atom. The monoisotopic (exact) mass is 202 g/mol. The number of aliphatic carboxylic acids is 1. The lowest BCUT2D eigenvalue weighted by molar-refractivity contribution is -0.131. The van der Waals surface area contributed by atoms with Crippen molar-refractivity contribution >= 4 is 15.5 Å². The van der Waals surface area contributed by atoms with Crippen molar-refractivity contribution in [3.8, 4) is 0 Å². The Morgan fingerprint density at radius 1 is 1.69 bits per heavy atom. The highest BCUT2D eigenvalue weighted by Gasteiger charge is 2.10. The Balaban J connectivity index is 0.000000252. The van der Waals surface area contributed by atoms with Gasteiger partial charge in [-0.25, -0.2) is 4.79 Å². The van der Waals surface area contributed by atoms with Crippen molar-refractivity contribution < 1.29 is 14.6 Å². The zero-order valence-corrected chi connectivity index (χ0v) is 9.58. The van der Waals surface area contributed by atoms with E-state index in [-0.39, 0.29) is 9.52 Å². The number of carboxylic acids is 1. The molecule has 0 aromatic carbocycles. The predicted molar refractivity (Wildman–Crippen MR) is 55.8 cm³/mol. The van der Waals surface area contributed by atoms with Gasteiger partial charge in [-0.05, 0) is 19.3 Å². The molecule has 1 unspecified atom stereocenters. The average molecular weight is 202 g/mol. The summed E-state index contributed by atoms with van der Waals surface area (Å²) in [5, 5.41) is 7.60. The van der Waals surface area contributed by atoms with Gasteiger partial charge < -0.3 is 9.84 Å². The average Bonchev–Trinajstić information content (AvgIpc) is 2.20. The van der Waals surface area contributed by atoms with E-state index in [1.54, 1.807) is 0 Å². The van der Waals surface area contributed by atoms with Gasteiger partial charge in [-0.2, -0.15) is 0 Å². The summed E-state index contributed by atoms with van der Waals surface area (Å²) in [5.74, 6) is -0.981. The summed E-state index contributed by atoms with van der Waals surface area (Å²) < 4.78 is 5.49. The van der Waals surface area contributed by atoms with E-state index in [0.717, 1.165) is 18.4 Å². The van der Waals surface area contributed by atoms with Crippen LogP contribution < -0.4 is 0 Å². The molecule has 4 heteroatoms. The molecule has 1 aliphatic heterocycles. The molecule has 0 spiro atoms. The Kier molecular flexibility index (Phi) is 7.63. The molecule has 0 amide bonds. The van der Waals surface area contributed by atoms with Gasteiger partial charge in [-0.1, -0.05) is 13.1 Å². The fourth-order valence-electron chi connectivity index (χ4n) is 1.13. The maximum Gasteiger partial charge on any atom is 0.327 e. The summed E-state index contributed by atoms with van der Waals surface area (Å²) in [5.41, 5.74) is 0.726. The van der Waals surface area contributed by atoms with E-state index in [9.17, 15) is 4.79 Å². The lowest BCUT2D eigenvalue weighted by atomic mass is 10.2. The van der Waals surface area contributed by atoms with Crippen molar-refractivity contribution in [3.63, 3.8) is 0 Å². The van der Waals surface area contributed by atoms with Crippen molar-refractivity contribution in [2.24, 2.45) is 0 Å². The second-order valence-electron chi connectivity index (χ2n) is 2.94. The van der Waals surface area contributed by atoms with Crippen molar-refractivity contribution in [1.82, 2.24) is 0 Å². The lowest BCUT2D eigenvalue weighted by Gasteiger charge is -2.20. The largest absolute Gasteiger partial charge is 0.478 e. The van der Waals surface area contributed by atoms with Gasteiger partial charge in [-0.3, -0.25) is 0 Å². The van der Waals surface area contributed by atoms with E-state index < -0.39 is 5.97 Å². The van der Waals surface area contributed by atoms with Gasteiger partial charge in [0.05, 0.1) is 9.52 Å². The summed E-state index contributed by atoms with van der Waals surface area (Å²) in [6, 6.07) is 0. The van der Waals surface area contributed by atoms with Crippen LogP contribution in [0.1, 0.15) is 19.3 Å². The third-order valence-corrected chi connectivity index (χ3v) is 3.46. The van der Waals surface area contributed by atoms with E-state index >= 15 is 0 Å².